The Bertz CT molecular complexity index is 305. The first-order chi connectivity index (χ1) is 8.72. The van der Waals surface area contributed by atoms with Crippen LogP contribution in [-0.4, -0.2) is 13.2 Å². The molecule has 0 aliphatic rings. The van der Waals surface area contributed by atoms with Crippen LogP contribution in [0.15, 0.2) is 24.3 Å². The smallest absolute Gasteiger partial charge is 0.119 e. The molecule has 0 saturated heterocycles. The Hall–Kier alpha value is -1.02. The average Bonchev–Trinajstić information content (AvgIpc) is 2.36. The van der Waals surface area contributed by atoms with E-state index >= 15 is 0 Å². The number of benzene rings is 1. The van der Waals surface area contributed by atoms with E-state index in [0.29, 0.717) is 5.92 Å². The highest BCUT2D eigenvalue weighted by molar-refractivity contribution is 5.27. The summed E-state index contributed by atoms with van der Waals surface area (Å²) in [5.41, 5.74) is 1.32. The Morgan fingerprint density at radius 2 is 1.83 bits per heavy atom. The Morgan fingerprint density at radius 3 is 2.44 bits per heavy atom. The van der Waals surface area contributed by atoms with Gasteiger partial charge in [-0.3, -0.25) is 0 Å². The van der Waals surface area contributed by atoms with Crippen LogP contribution in [0.4, 0.5) is 0 Å². The predicted molar refractivity (Wildman–Crippen MR) is 78.0 cm³/mol. The standard InChI is InChI=1S/C16H27NO/c1-4-5-6-11-18-16-9-7-15(8-10-16)13-17-12-14(2)3/h7-10,14,17H,4-6,11-13H2,1-3H3. The van der Waals surface area contributed by atoms with Crippen LogP contribution < -0.4 is 10.1 Å². The third-order valence-corrected chi connectivity index (χ3v) is 2.82. The van der Waals surface area contributed by atoms with Crippen molar-refractivity contribution in [1.82, 2.24) is 5.32 Å². The quantitative estimate of drug-likeness (QED) is 0.668. The molecule has 1 N–H and O–H groups in total. The molecule has 0 amide bonds. The van der Waals surface area contributed by atoms with E-state index in [4.69, 9.17) is 4.74 Å². The van der Waals surface area contributed by atoms with Gasteiger partial charge in [0.05, 0.1) is 6.61 Å². The van der Waals surface area contributed by atoms with E-state index in [1.807, 2.05) is 0 Å². The lowest BCUT2D eigenvalue weighted by Crippen LogP contribution is -2.18. The second kappa shape index (κ2) is 8.98. The molecule has 0 heterocycles. The summed E-state index contributed by atoms with van der Waals surface area (Å²) in [6.07, 6.45) is 3.63. The fourth-order valence-corrected chi connectivity index (χ4v) is 1.75. The van der Waals surface area contributed by atoms with Crippen LogP contribution in [0.3, 0.4) is 0 Å². The lowest BCUT2D eigenvalue weighted by atomic mass is 10.2. The SMILES string of the molecule is CCCCCOc1ccc(CNCC(C)C)cc1. The maximum absolute atomic E-state index is 5.69. The lowest BCUT2D eigenvalue weighted by Gasteiger charge is -2.09. The van der Waals surface area contributed by atoms with Gasteiger partial charge in [0.25, 0.3) is 0 Å². The lowest BCUT2D eigenvalue weighted by molar-refractivity contribution is 0.306. The molecule has 2 nitrogen and oxygen atoms in total. The second-order valence-electron chi connectivity index (χ2n) is 5.22. The minimum absolute atomic E-state index is 0.700. The Morgan fingerprint density at radius 1 is 1.11 bits per heavy atom. The van der Waals surface area contributed by atoms with Gasteiger partial charge in [-0.2, -0.15) is 0 Å². The monoisotopic (exact) mass is 249 g/mol. The Balaban J connectivity index is 2.24. The van der Waals surface area contributed by atoms with Crippen LogP contribution in [0, 0.1) is 5.92 Å². The molecule has 0 unspecified atom stereocenters. The maximum Gasteiger partial charge on any atom is 0.119 e. The third kappa shape index (κ3) is 6.65. The minimum atomic E-state index is 0.700. The molecule has 0 aromatic heterocycles. The summed E-state index contributed by atoms with van der Waals surface area (Å²) in [6.45, 7) is 9.49. The van der Waals surface area contributed by atoms with Gasteiger partial charge in [0.1, 0.15) is 5.75 Å². The molecular weight excluding hydrogens is 222 g/mol. The average molecular weight is 249 g/mol. The molecule has 0 radical (unpaired) electrons. The third-order valence-electron chi connectivity index (χ3n) is 2.82. The van der Waals surface area contributed by atoms with Crippen molar-refractivity contribution in [3.63, 3.8) is 0 Å². The van der Waals surface area contributed by atoms with Crippen LogP contribution in [0.25, 0.3) is 0 Å². The fourth-order valence-electron chi connectivity index (χ4n) is 1.75. The van der Waals surface area contributed by atoms with E-state index in [1.165, 1.54) is 18.4 Å². The van der Waals surface area contributed by atoms with Crippen molar-refractivity contribution in [3.05, 3.63) is 29.8 Å². The van der Waals surface area contributed by atoms with Gasteiger partial charge in [-0.1, -0.05) is 45.7 Å². The Kier molecular flexibility index (Phi) is 7.51. The van der Waals surface area contributed by atoms with Crippen molar-refractivity contribution in [1.29, 1.82) is 0 Å². The molecule has 0 spiro atoms. The minimum Gasteiger partial charge on any atom is -0.494 e. The van der Waals surface area contributed by atoms with Gasteiger partial charge in [0.15, 0.2) is 0 Å². The summed E-state index contributed by atoms with van der Waals surface area (Å²) in [7, 11) is 0. The second-order valence-corrected chi connectivity index (χ2v) is 5.22. The number of hydrogen-bond acceptors (Lipinski definition) is 2. The molecule has 0 aliphatic heterocycles. The van der Waals surface area contributed by atoms with Crippen LogP contribution in [-0.2, 0) is 6.54 Å². The van der Waals surface area contributed by atoms with Gasteiger partial charge in [-0.05, 0) is 36.6 Å². The highest BCUT2D eigenvalue weighted by Crippen LogP contribution is 2.12. The number of unbranched alkanes of at least 4 members (excludes halogenated alkanes) is 2. The molecule has 0 bridgehead atoms. The van der Waals surface area contributed by atoms with Crippen LogP contribution >= 0.6 is 0 Å². The molecule has 102 valence electrons. The summed E-state index contributed by atoms with van der Waals surface area (Å²) >= 11 is 0. The van der Waals surface area contributed by atoms with Gasteiger partial charge >= 0.3 is 0 Å². The normalized spacial score (nSPS) is 10.9. The molecular formula is C16H27NO. The maximum atomic E-state index is 5.69. The van der Waals surface area contributed by atoms with Crippen LogP contribution in [0.5, 0.6) is 5.75 Å². The van der Waals surface area contributed by atoms with E-state index in [-0.39, 0.29) is 0 Å². The first-order valence-corrected chi connectivity index (χ1v) is 7.14. The summed E-state index contributed by atoms with van der Waals surface area (Å²) < 4.78 is 5.69. The highest BCUT2D eigenvalue weighted by Gasteiger charge is 1.97. The molecule has 1 rings (SSSR count). The Labute approximate surface area is 112 Å². The van der Waals surface area contributed by atoms with Gasteiger partial charge in [0, 0.05) is 6.54 Å². The molecule has 0 aliphatic carbocycles. The fraction of sp³-hybridized carbons (Fsp3) is 0.625. The molecule has 1 aromatic rings. The summed E-state index contributed by atoms with van der Waals surface area (Å²) in [6, 6.07) is 8.42. The zero-order valence-corrected chi connectivity index (χ0v) is 12.0. The van der Waals surface area contributed by atoms with E-state index in [0.717, 1.165) is 31.9 Å². The van der Waals surface area contributed by atoms with Gasteiger partial charge in [0.2, 0.25) is 0 Å². The predicted octanol–water partition coefficient (Wildman–Crippen LogP) is 4.00. The van der Waals surface area contributed by atoms with E-state index in [2.05, 4.69) is 50.4 Å². The first kappa shape index (κ1) is 15.0. The summed E-state index contributed by atoms with van der Waals surface area (Å²) in [5, 5.41) is 3.44. The zero-order valence-electron chi connectivity index (χ0n) is 12.0. The molecule has 0 saturated carbocycles. The highest BCUT2D eigenvalue weighted by atomic mass is 16.5. The number of hydrogen-bond donors (Lipinski definition) is 1. The topological polar surface area (TPSA) is 21.3 Å². The number of ether oxygens (including phenoxy) is 1. The van der Waals surface area contributed by atoms with Crippen molar-refractivity contribution in [3.8, 4) is 5.75 Å². The van der Waals surface area contributed by atoms with E-state index < -0.39 is 0 Å². The zero-order chi connectivity index (χ0) is 13.2. The van der Waals surface area contributed by atoms with Gasteiger partial charge in [-0.15, -0.1) is 0 Å². The van der Waals surface area contributed by atoms with Crippen molar-refractivity contribution in [2.24, 2.45) is 5.92 Å². The molecule has 1 aromatic carbocycles. The van der Waals surface area contributed by atoms with Crippen molar-refractivity contribution in [2.45, 2.75) is 46.6 Å². The molecule has 2 heteroatoms. The van der Waals surface area contributed by atoms with Crippen LogP contribution in [0.1, 0.15) is 45.6 Å². The van der Waals surface area contributed by atoms with E-state index in [1.54, 1.807) is 0 Å². The molecule has 18 heavy (non-hydrogen) atoms. The number of rotatable bonds is 9. The summed E-state index contributed by atoms with van der Waals surface area (Å²) in [5.74, 6) is 1.69. The molecule has 0 fully saturated rings. The van der Waals surface area contributed by atoms with E-state index in [9.17, 15) is 0 Å². The van der Waals surface area contributed by atoms with Crippen LogP contribution in [0.2, 0.25) is 0 Å². The van der Waals surface area contributed by atoms with Crippen molar-refractivity contribution in [2.75, 3.05) is 13.2 Å². The number of nitrogens with one attached hydrogen (secondary N) is 1. The van der Waals surface area contributed by atoms with Gasteiger partial charge in [-0.25, -0.2) is 0 Å². The van der Waals surface area contributed by atoms with Crippen molar-refractivity contribution < 1.29 is 4.74 Å². The van der Waals surface area contributed by atoms with Gasteiger partial charge < -0.3 is 10.1 Å². The van der Waals surface area contributed by atoms with Crippen molar-refractivity contribution >= 4 is 0 Å². The largest absolute Gasteiger partial charge is 0.494 e. The summed E-state index contributed by atoms with van der Waals surface area (Å²) in [4.78, 5) is 0. The first-order valence-electron chi connectivity index (χ1n) is 7.14. The molecule has 0 atom stereocenters.